The molecule has 0 saturated carbocycles. The van der Waals surface area contributed by atoms with Crippen LogP contribution in [0.1, 0.15) is 12.8 Å². The van der Waals surface area contributed by atoms with E-state index in [0.717, 1.165) is 0 Å². The van der Waals surface area contributed by atoms with Gasteiger partial charge < -0.3 is 0 Å². The molecular weight excluding hydrogens is 129 g/mol. The van der Waals surface area contributed by atoms with Crippen molar-refractivity contribution in [2.45, 2.75) is 12.8 Å². The molecule has 2 heteroatoms. The van der Waals surface area contributed by atoms with Crippen LogP contribution < -0.4 is 0 Å². The molecule has 0 unspecified atom stereocenters. The number of hydrogen-bond donors (Lipinski definition) is 0. The predicted octanol–water partition coefficient (Wildman–Crippen LogP) is 1.95. The first-order valence-corrected chi connectivity index (χ1v) is 3.03. The molecule has 0 aliphatic rings. The third-order valence-corrected chi connectivity index (χ3v) is 0.810. The fourth-order valence-electron chi connectivity index (χ4n) is 0.385. The summed E-state index contributed by atoms with van der Waals surface area (Å²) in [5, 5.41) is 0. The maximum Gasteiger partial charge on any atom is 0.0836 e. The second-order valence-corrected chi connectivity index (χ2v) is 1.56. The van der Waals surface area contributed by atoms with E-state index in [4.69, 9.17) is 0 Å². The number of aliphatic imine (C=N–C) groups is 1. The summed E-state index contributed by atoms with van der Waals surface area (Å²) in [6, 6.07) is 0. The van der Waals surface area contributed by atoms with Gasteiger partial charge in [0, 0.05) is 26.1 Å². The van der Waals surface area contributed by atoms with Gasteiger partial charge >= 0.3 is 0 Å². The lowest BCUT2D eigenvalue weighted by atomic mass is 10.4. The molecule has 0 spiro atoms. The van der Waals surface area contributed by atoms with Gasteiger partial charge in [0.1, 0.15) is 0 Å². The quantitative estimate of drug-likeness (QED) is 0.409. The summed E-state index contributed by atoms with van der Waals surface area (Å²) in [5.41, 5.74) is 0. The van der Waals surface area contributed by atoms with Gasteiger partial charge in [0.25, 0.3) is 0 Å². The molecule has 0 aromatic rings. The largest absolute Gasteiger partial charge is 0.300 e. The molecule has 0 amide bonds. The molecule has 0 saturated heterocycles. The number of hydrogen-bond acceptors (Lipinski definition) is 1. The molecule has 54 valence electrons. The number of rotatable bonds is 2. The van der Waals surface area contributed by atoms with Gasteiger partial charge in [-0.2, -0.15) is 0 Å². The van der Waals surface area contributed by atoms with Crippen LogP contribution in [0.5, 0.6) is 0 Å². The second-order valence-electron chi connectivity index (χ2n) is 1.56. The van der Waals surface area contributed by atoms with E-state index in [-0.39, 0.29) is 0 Å². The fourth-order valence-corrected chi connectivity index (χ4v) is 0.385. The van der Waals surface area contributed by atoms with E-state index in [9.17, 15) is 4.39 Å². The highest BCUT2D eigenvalue weighted by molar-refractivity contribution is 5.60. The smallest absolute Gasteiger partial charge is 0.0836 e. The highest BCUT2D eigenvalue weighted by atomic mass is 19.1. The molecular formula is C8H10FN. The van der Waals surface area contributed by atoms with E-state index in [2.05, 4.69) is 16.8 Å². The average molecular weight is 139 g/mol. The van der Waals surface area contributed by atoms with Crippen molar-refractivity contribution in [2.75, 3.05) is 7.05 Å². The molecule has 0 heterocycles. The van der Waals surface area contributed by atoms with Gasteiger partial charge in [-0.05, 0) is 6.08 Å². The summed E-state index contributed by atoms with van der Waals surface area (Å²) in [4.78, 5) is 3.73. The van der Waals surface area contributed by atoms with Crippen molar-refractivity contribution in [2.24, 2.45) is 4.99 Å². The van der Waals surface area contributed by atoms with E-state index in [1.165, 1.54) is 6.08 Å². The van der Waals surface area contributed by atoms with Crippen molar-refractivity contribution < 1.29 is 4.39 Å². The topological polar surface area (TPSA) is 12.4 Å². The van der Waals surface area contributed by atoms with Gasteiger partial charge in [-0.25, -0.2) is 4.39 Å². The Labute approximate surface area is 60.7 Å². The van der Waals surface area contributed by atoms with Crippen LogP contribution >= 0.6 is 0 Å². The Bertz CT molecular complexity index is 153. The van der Waals surface area contributed by atoms with Gasteiger partial charge in [-0.3, -0.25) is 4.99 Å². The summed E-state index contributed by atoms with van der Waals surface area (Å²) in [7, 11) is 1.70. The molecule has 0 radical (unpaired) electrons. The number of allylic oxidation sites excluding steroid dienone is 1. The molecule has 0 fully saturated rings. The van der Waals surface area contributed by atoms with Crippen LogP contribution in [0.2, 0.25) is 0 Å². The van der Waals surface area contributed by atoms with Crippen molar-refractivity contribution in [3.8, 4) is 11.8 Å². The maximum absolute atomic E-state index is 11.3. The minimum Gasteiger partial charge on any atom is -0.300 e. The lowest BCUT2D eigenvalue weighted by Gasteiger charge is -1.73. The molecule has 0 rings (SSSR count). The van der Waals surface area contributed by atoms with Crippen molar-refractivity contribution in [3.63, 3.8) is 0 Å². The standard InChI is InChI=1S/C8H10FN/c1-10-8-6-4-2-3-5-7-9/h5,7-8H,3,6H2,1H3/b7-5+,10-8?. The van der Waals surface area contributed by atoms with E-state index >= 15 is 0 Å². The van der Waals surface area contributed by atoms with Gasteiger partial charge in [0.15, 0.2) is 0 Å². The zero-order chi connectivity index (χ0) is 7.66. The van der Waals surface area contributed by atoms with Crippen molar-refractivity contribution in [1.29, 1.82) is 0 Å². The predicted molar refractivity (Wildman–Crippen MR) is 41.7 cm³/mol. The molecule has 1 nitrogen and oxygen atoms in total. The molecule has 0 atom stereocenters. The number of nitrogens with zero attached hydrogens (tertiary/aromatic N) is 1. The fraction of sp³-hybridized carbons (Fsp3) is 0.375. The monoisotopic (exact) mass is 139 g/mol. The highest BCUT2D eigenvalue weighted by Crippen LogP contribution is 1.80. The van der Waals surface area contributed by atoms with Crippen molar-refractivity contribution in [1.82, 2.24) is 0 Å². The Morgan fingerprint density at radius 2 is 2.10 bits per heavy atom. The van der Waals surface area contributed by atoms with Crippen molar-refractivity contribution in [3.05, 3.63) is 12.4 Å². The maximum atomic E-state index is 11.3. The molecule has 0 aliphatic carbocycles. The van der Waals surface area contributed by atoms with E-state index in [1.807, 2.05) is 0 Å². The molecule has 0 N–H and O–H groups in total. The summed E-state index contributed by atoms with van der Waals surface area (Å²) in [5.74, 6) is 5.56. The van der Waals surface area contributed by atoms with Gasteiger partial charge in [0.05, 0.1) is 6.33 Å². The normalized spacial score (nSPS) is 10.2. The van der Waals surface area contributed by atoms with Gasteiger partial charge in [0.2, 0.25) is 0 Å². The van der Waals surface area contributed by atoms with Crippen LogP contribution in [-0.2, 0) is 0 Å². The van der Waals surface area contributed by atoms with Gasteiger partial charge in [-0.15, -0.1) is 0 Å². The first-order chi connectivity index (χ1) is 4.91. The Morgan fingerprint density at radius 3 is 2.70 bits per heavy atom. The first-order valence-electron chi connectivity index (χ1n) is 3.03. The third-order valence-electron chi connectivity index (χ3n) is 0.810. The minimum absolute atomic E-state index is 0.480. The minimum atomic E-state index is 0.480. The summed E-state index contributed by atoms with van der Waals surface area (Å²) < 4.78 is 11.3. The summed E-state index contributed by atoms with van der Waals surface area (Å²) in [6.07, 6.45) is 4.72. The molecule has 0 aromatic heterocycles. The Morgan fingerprint density at radius 1 is 1.40 bits per heavy atom. The molecule has 0 aromatic carbocycles. The highest BCUT2D eigenvalue weighted by Gasteiger charge is 1.67. The molecule has 10 heavy (non-hydrogen) atoms. The zero-order valence-electron chi connectivity index (χ0n) is 5.97. The van der Waals surface area contributed by atoms with Crippen LogP contribution in [-0.4, -0.2) is 13.3 Å². The van der Waals surface area contributed by atoms with Gasteiger partial charge in [-0.1, -0.05) is 11.8 Å². The molecule has 0 bridgehead atoms. The third kappa shape index (κ3) is 6.90. The van der Waals surface area contributed by atoms with Crippen LogP contribution in [0, 0.1) is 11.8 Å². The zero-order valence-corrected chi connectivity index (χ0v) is 5.97. The van der Waals surface area contributed by atoms with Crippen LogP contribution in [0.4, 0.5) is 4.39 Å². The lowest BCUT2D eigenvalue weighted by Crippen LogP contribution is -1.68. The van der Waals surface area contributed by atoms with E-state index in [0.29, 0.717) is 19.2 Å². The van der Waals surface area contributed by atoms with E-state index < -0.39 is 0 Å². The average Bonchev–Trinajstić information content (AvgIpc) is 1.97. The Hall–Kier alpha value is -1.10. The first kappa shape index (κ1) is 8.90. The Balaban J connectivity index is 3.31. The summed E-state index contributed by atoms with van der Waals surface area (Å²) in [6.45, 7) is 0. The lowest BCUT2D eigenvalue weighted by molar-refractivity contribution is 0.717. The van der Waals surface area contributed by atoms with Crippen molar-refractivity contribution >= 4 is 6.21 Å². The van der Waals surface area contributed by atoms with E-state index in [1.54, 1.807) is 13.3 Å². The van der Waals surface area contributed by atoms with Crippen LogP contribution in [0.3, 0.4) is 0 Å². The number of halogens is 1. The van der Waals surface area contributed by atoms with Crippen LogP contribution in [0.25, 0.3) is 0 Å². The van der Waals surface area contributed by atoms with Crippen LogP contribution in [0.15, 0.2) is 17.4 Å². The Kier molecular flexibility index (Phi) is 7.03. The SMILES string of the molecule is CN=CCC#CC/C=C/F. The summed E-state index contributed by atoms with van der Waals surface area (Å²) >= 11 is 0. The molecule has 0 aliphatic heterocycles. The second kappa shape index (κ2) is 7.90.